The Bertz CT molecular complexity index is 219. The molecule has 5 unspecified atom stereocenters. The summed E-state index contributed by atoms with van der Waals surface area (Å²) in [5.41, 5.74) is 6.45. The molecule has 0 aromatic rings. The summed E-state index contributed by atoms with van der Waals surface area (Å²) in [5.74, 6) is 2.32. The van der Waals surface area contributed by atoms with Crippen molar-refractivity contribution in [2.75, 3.05) is 6.61 Å². The zero-order chi connectivity index (χ0) is 11.5. The van der Waals surface area contributed by atoms with Gasteiger partial charge in [-0.05, 0) is 38.0 Å². The minimum absolute atomic E-state index is 0.388. The molecule has 0 spiro atoms. The Morgan fingerprint density at radius 3 is 2.69 bits per heavy atom. The van der Waals surface area contributed by atoms with Crippen LogP contribution in [0.4, 0.5) is 0 Å². The fourth-order valence-corrected chi connectivity index (χ4v) is 3.56. The van der Waals surface area contributed by atoms with Crippen LogP contribution in [0, 0.1) is 17.8 Å². The first-order chi connectivity index (χ1) is 7.70. The van der Waals surface area contributed by atoms with Gasteiger partial charge in [0, 0.05) is 12.0 Å². The molecule has 1 saturated heterocycles. The van der Waals surface area contributed by atoms with E-state index in [2.05, 4.69) is 13.8 Å². The Hall–Kier alpha value is -0.0800. The first kappa shape index (κ1) is 12.4. The average Bonchev–Trinajstić information content (AvgIpc) is 2.75. The Morgan fingerprint density at radius 2 is 2.06 bits per heavy atom. The van der Waals surface area contributed by atoms with Crippen LogP contribution in [-0.4, -0.2) is 18.8 Å². The summed E-state index contributed by atoms with van der Waals surface area (Å²) in [4.78, 5) is 0. The summed E-state index contributed by atoms with van der Waals surface area (Å²) in [6, 6.07) is 0.388. The Morgan fingerprint density at radius 1 is 1.25 bits per heavy atom. The molecule has 2 rings (SSSR count). The first-order valence-electron chi connectivity index (χ1n) is 7.07. The summed E-state index contributed by atoms with van der Waals surface area (Å²) < 4.78 is 5.65. The lowest BCUT2D eigenvalue weighted by Gasteiger charge is -2.34. The van der Waals surface area contributed by atoms with Gasteiger partial charge in [0.15, 0.2) is 0 Å². The third kappa shape index (κ3) is 2.78. The van der Waals surface area contributed by atoms with Crippen molar-refractivity contribution in [2.24, 2.45) is 23.5 Å². The van der Waals surface area contributed by atoms with E-state index in [-0.39, 0.29) is 0 Å². The highest BCUT2D eigenvalue weighted by atomic mass is 16.5. The second-order valence-electron chi connectivity index (χ2n) is 5.92. The molecule has 0 radical (unpaired) electrons. The molecule has 2 fully saturated rings. The third-order valence-electron chi connectivity index (χ3n) is 4.72. The van der Waals surface area contributed by atoms with Gasteiger partial charge in [0.25, 0.3) is 0 Å². The van der Waals surface area contributed by atoms with E-state index in [1.807, 2.05) is 0 Å². The number of rotatable bonds is 3. The predicted molar refractivity (Wildman–Crippen MR) is 67.2 cm³/mol. The van der Waals surface area contributed by atoms with Crippen LogP contribution in [0.1, 0.15) is 52.4 Å². The molecule has 0 bridgehead atoms. The van der Waals surface area contributed by atoms with Crippen LogP contribution >= 0.6 is 0 Å². The highest BCUT2D eigenvalue weighted by Crippen LogP contribution is 2.36. The first-order valence-corrected chi connectivity index (χ1v) is 7.07. The van der Waals surface area contributed by atoms with Gasteiger partial charge < -0.3 is 10.5 Å². The monoisotopic (exact) mass is 225 g/mol. The molecule has 5 atom stereocenters. The van der Waals surface area contributed by atoms with Crippen molar-refractivity contribution in [3.8, 4) is 0 Å². The predicted octanol–water partition coefficient (Wildman–Crippen LogP) is 2.96. The molecule has 1 aliphatic heterocycles. The van der Waals surface area contributed by atoms with Gasteiger partial charge in [-0.2, -0.15) is 0 Å². The number of hydrogen-bond acceptors (Lipinski definition) is 2. The Labute approximate surface area is 99.9 Å². The van der Waals surface area contributed by atoms with Crippen LogP contribution in [0.2, 0.25) is 0 Å². The molecule has 1 saturated carbocycles. The highest BCUT2D eigenvalue weighted by Gasteiger charge is 2.34. The Balaban J connectivity index is 1.86. The van der Waals surface area contributed by atoms with Crippen molar-refractivity contribution < 1.29 is 4.74 Å². The lowest BCUT2D eigenvalue weighted by Crippen LogP contribution is -2.40. The minimum atomic E-state index is 0.388. The van der Waals surface area contributed by atoms with E-state index in [1.54, 1.807) is 0 Å². The summed E-state index contributed by atoms with van der Waals surface area (Å²) in [6.45, 7) is 5.39. The molecule has 94 valence electrons. The highest BCUT2D eigenvalue weighted by molar-refractivity contribution is 4.87. The third-order valence-corrected chi connectivity index (χ3v) is 4.72. The van der Waals surface area contributed by atoms with Crippen molar-refractivity contribution in [3.05, 3.63) is 0 Å². The van der Waals surface area contributed by atoms with Crippen molar-refractivity contribution in [2.45, 2.75) is 64.5 Å². The largest absolute Gasteiger partial charge is 0.378 e. The number of nitrogens with two attached hydrogens (primary N) is 1. The van der Waals surface area contributed by atoms with E-state index in [4.69, 9.17) is 10.5 Å². The van der Waals surface area contributed by atoms with Crippen LogP contribution in [0.5, 0.6) is 0 Å². The van der Waals surface area contributed by atoms with Gasteiger partial charge in [0.1, 0.15) is 0 Å². The molecular weight excluding hydrogens is 198 g/mol. The molecule has 0 aromatic heterocycles. The maximum atomic E-state index is 6.45. The molecule has 0 aromatic carbocycles. The molecule has 2 aliphatic rings. The maximum Gasteiger partial charge on any atom is 0.0551 e. The summed E-state index contributed by atoms with van der Waals surface area (Å²) in [7, 11) is 0. The van der Waals surface area contributed by atoms with Crippen LogP contribution in [-0.2, 0) is 4.74 Å². The van der Waals surface area contributed by atoms with Crippen molar-refractivity contribution in [1.82, 2.24) is 0 Å². The van der Waals surface area contributed by atoms with Gasteiger partial charge in [-0.15, -0.1) is 0 Å². The normalized spacial score (nSPS) is 42.2. The molecule has 2 N–H and O–H groups in total. The molecule has 2 nitrogen and oxygen atoms in total. The zero-order valence-electron chi connectivity index (χ0n) is 10.8. The molecule has 16 heavy (non-hydrogen) atoms. The topological polar surface area (TPSA) is 35.2 Å². The second kappa shape index (κ2) is 5.50. The van der Waals surface area contributed by atoms with E-state index in [9.17, 15) is 0 Å². The Kier molecular flexibility index (Phi) is 4.26. The number of hydrogen-bond donors (Lipinski definition) is 1. The summed E-state index contributed by atoms with van der Waals surface area (Å²) in [5, 5.41) is 0. The van der Waals surface area contributed by atoms with E-state index in [1.165, 1.54) is 38.5 Å². The van der Waals surface area contributed by atoms with E-state index >= 15 is 0 Å². The van der Waals surface area contributed by atoms with Crippen molar-refractivity contribution in [3.63, 3.8) is 0 Å². The van der Waals surface area contributed by atoms with E-state index in [0.717, 1.165) is 18.4 Å². The molecule has 0 amide bonds. The molecule has 1 aliphatic carbocycles. The van der Waals surface area contributed by atoms with E-state index < -0.39 is 0 Å². The second-order valence-corrected chi connectivity index (χ2v) is 5.92. The zero-order valence-corrected chi connectivity index (χ0v) is 10.8. The SMILES string of the molecule is CCC1CCCC(C(N)C2COC(C)C2)C1. The minimum Gasteiger partial charge on any atom is -0.378 e. The van der Waals surface area contributed by atoms with Gasteiger partial charge in [0.2, 0.25) is 0 Å². The van der Waals surface area contributed by atoms with Crippen LogP contribution in [0.3, 0.4) is 0 Å². The van der Waals surface area contributed by atoms with Gasteiger partial charge in [0.05, 0.1) is 12.7 Å². The summed E-state index contributed by atoms with van der Waals surface area (Å²) >= 11 is 0. The van der Waals surface area contributed by atoms with Gasteiger partial charge in [-0.1, -0.05) is 26.2 Å². The summed E-state index contributed by atoms with van der Waals surface area (Å²) in [6.07, 6.45) is 8.47. The molecule has 1 heterocycles. The van der Waals surface area contributed by atoms with Crippen LogP contribution in [0.25, 0.3) is 0 Å². The number of ether oxygens (including phenoxy) is 1. The van der Waals surface area contributed by atoms with Gasteiger partial charge in [-0.3, -0.25) is 0 Å². The lowest BCUT2D eigenvalue weighted by molar-refractivity contribution is 0.112. The lowest BCUT2D eigenvalue weighted by atomic mass is 9.73. The fraction of sp³-hybridized carbons (Fsp3) is 1.00. The maximum absolute atomic E-state index is 6.45. The van der Waals surface area contributed by atoms with E-state index in [0.29, 0.717) is 18.1 Å². The van der Waals surface area contributed by atoms with Gasteiger partial charge >= 0.3 is 0 Å². The standard InChI is InChI=1S/C14H27NO/c1-3-11-5-4-6-12(8-11)14(15)13-7-10(2)16-9-13/h10-14H,3-9,15H2,1-2H3. The fourth-order valence-electron chi connectivity index (χ4n) is 3.56. The molecule has 2 heteroatoms. The smallest absolute Gasteiger partial charge is 0.0551 e. The van der Waals surface area contributed by atoms with Gasteiger partial charge in [-0.25, -0.2) is 0 Å². The molecular formula is C14H27NO. The van der Waals surface area contributed by atoms with Crippen LogP contribution < -0.4 is 5.73 Å². The average molecular weight is 225 g/mol. The van der Waals surface area contributed by atoms with Crippen molar-refractivity contribution in [1.29, 1.82) is 0 Å². The van der Waals surface area contributed by atoms with Crippen molar-refractivity contribution >= 4 is 0 Å². The quantitative estimate of drug-likeness (QED) is 0.801. The van der Waals surface area contributed by atoms with Crippen LogP contribution in [0.15, 0.2) is 0 Å².